The number of benzene rings is 2. The van der Waals surface area contributed by atoms with Crippen LogP contribution in [0.5, 0.6) is 0 Å². The number of hydrogen-bond donors (Lipinski definition) is 1. The second-order valence-electron chi connectivity index (χ2n) is 16.2. The first-order valence-electron chi connectivity index (χ1n) is 19.0. The first kappa shape index (κ1) is 35.6. The summed E-state index contributed by atoms with van der Waals surface area (Å²) in [4.78, 5) is 25.9. The maximum atomic E-state index is 17.3. The molecule has 10 rings (SSSR count). The van der Waals surface area contributed by atoms with Crippen LogP contribution in [0.1, 0.15) is 84.9 Å². The van der Waals surface area contributed by atoms with Gasteiger partial charge in [0.05, 0.1) is 46.4 Å². The van der Waals surface area contributed by atoms with Crippen LogP contribution < -0.4 is 5.32 Å². The van der Waals surface area contributed by atoms with Gasteiger partial charge in [-0.05, 0) is 87.8 Å². The molecule has 2 aliphatic carbocycles. The zero-order valence-electron chi connectivity index (χ0n) is 31.0. The van der Waals surface area contributed by atoms with Crippen molar-refractivity contribution in [3.05, 3.63) is 92.2 Å². The Kier molecular flexibility index (Phi) is 8.77. The van der Waals surface area contributed by atoms with Gasteiger partial charge >= 0.3 is 0 Å². The predicted octanol–water partition coefficient (Wildman–Crippen LogP) is 9.27. The Labute approximate surface area is 324 Å². The second kappa shape index (κ2) is 13.3. The van der Waals surface area contributed by atoms with Crippen molar-refractivity contribution in [3.8, 4) is 17.2 Å². The number of amides is 1. The summed E-state index contributed by atoms with van der Waals surface area (Å²) in [5.74, 6) is 0.106. The summed E-state index contributed by atoms with van der Waals surface area (Å²) in [6.45, 7) is 9.94. The Morgan fingerprint density at radius 1 is 1.13 bits per heavy atom. The number of ether oxygens (including phenoxy) is 1. The van der Waals surface area contributed by atoms with Crippen LogP contribution in [0.4, 0.5) is 4.39 Å². The molecule has 278 valence electrons. The lowest BCUT2D eigenvalue weighted by molar-refractivity contribution is -0.138. The summed E-state index contributed by atoms with van der Waals surface area (Å²) >= 11 is 13.2. The molecule has 3 saturated heterocycles. The Morgan fingerprint density at radius 2 is 1.94 bits per heavy atom. The molecule has 11 heteroatoms. The summed E-state index contributed by atoms with van der Waals surface area (Å²) in [7, 11) is 0. The van der Waals surface area contributed by atoms with Gasteiger partial charge in [-0.3, -0.25) is 9.78 Å². The van der Waals surface area contributed by atoms with Gasteiger partial charge < -0.3 is 19.5 Å². The van der Waals surface area contributed by atoms with Crippen LogP contribution in [0, 0.1) is 49.3 Å². The van der Waals surface area contributed by atoms with E-state index in [2.05, 4.69) is 45.8 Å². The van der Waals surface area contributed by atoms with E-state index in [4.69, 9.17) is 32.9 Å². The topological polar surface area (TPSA) is 96.1 Å². The number of likely N-dealkylation sites (tertiary alicyclic amines) is 1. The van der Waals surface area contributed by atoms with Crippen LogP contribution >= 0.6 is 23.2 Å². The number of carbonyl (C=O) groups excluding carboxylic acids is 1. The van der Waals surface area contributed by atoms with Crippen LogP contribution in [0.25, 0.3) is 32.9 Å². The number of fused-ring (bicyclic) bond motifs is 4. The van der Waals surface area contributed by atoms with E-state index in [1.54, 1.807) is 18.2 Å². The summed E-state index contributed by atoms with van der Waals surface area (Å²) in [5, 5.41) is 15.6. The summed E-state index contributed by atoms with van der Waals surface area (Å²) in [6.07, 6.45) is 5.68. The fourth-order valence-corrected chi connectivity index (χ4v) is 9.81. The monoisotopic (exact) mass is 764 g/mol. The molecule has 0 radical (unpaired) electrons. The second-order valence-corrected chi connectivity index (χ2v) is 17.0. The standard InChI is InChI=1S/C43H43Cl2FN6O2/c1-22-10-14-48-23(2)31(22)21-54-27-17-34(51(20-27)42(53)43(4)11-12-43)35-18-29-24(3)50-39-30(41(29)52(35)40-26-16-33(40)49-19-26)15-25(7-6-13-47)36(38(39)46)28-8-5-9-32(44)37(28)45/h5,8-10,14-15,18,26-27,33-34,40,49H,6-7,11-12,16-17,19-21H2,1-4H3. The van der Waals surface area contributed by atoms with E-state index in [1.807, 2.05) is 32.2 Å². The van der Waals surface area contributed by atoms with Gasteiger partial charge in [0.15, 0.2) is 5.82 Å². The minimum atomic E-state index is -0.479. The predicted molar refractivity (Wildman–Crippen MR) is 209 cm³/mol. The molecular weight excluding hydrogens is 722 g/mol. The fraction of sp³-hybridized carbons (Fsp3) is 0.442. The number of nitrogens with one attached hydrogen (secondary N) is 1. The molecule has 5 atom stereocenters. The molecule has 3 aliphatic heterocycles. The molecule has 1 amide bonds. The molecule has 5 aliphatic rings. The molecule has 5 unspecified atom stereocenters. The van der Waals surface area contributed by atoms with Gasteiger partial charge in [-0.25, -0.2) is 9.37 Å². The van der Waals surface area contributed by atoms with Crippen molar-refractivity contribution in [2.45, 2.75) is 97.1 Å². The molecule has 0 spiro atoms. The van der Waals surface area contributed by atoms with Crippen molar-refractivity contribution < 1.29 is 13.9 Å². The molecule has 5 fully saturated rings. The quantitative estimate of drug-likeness (QED) is 0.161. The van der Waals surface area contributed by atoms with Crippen molar-refractivity contribution >= 4 is 50.9 Å². The van der Waals surface area contributed by atoms with E-state index in [-0.39, 0.29) is 52.5 Å². The zero-order chi connectivity index (χ0) is 37.6. The van der Waals surface area contributed by atoms with E-state index < -0.39 is 5.82 Å². The average Bonchev–Trinajstić information content (AvgIpc) is 3.59. The molecule has 2 bridgehead atoms. The van der Waals surface area contributed by atoms with Gasteiger partial charge in [0.1, 0.15) is 5.52 Å². The van der Waals surface area contributed by atoms with Crippen molar-refractivity contribution in [1.82, 2.24) is 24.8 Å². The average molecular weight is 766 g/mol. The third kappa shape index (κ3) is 5.63. The maximum absolute atomic E-state index is 17.3. The van der Waals surface area contributed by atoms with Crippen LogP contribution in [-0.2, 0) is 22.6 Å². The van der Waals surface area contributed by atoms with Crippen LogP contribution in [0.3, 0.4) is 0 Å². The first-order valence-corrected chi connectivity index (χ1v) is 19.8. The smallest absolute Gasteiger partial charge is 0.229 e. The van der Waals surface area contributed by atoms with Crippen molar-refractivity contribution in [3.63, 3.8) is 0 Å². The molecule has 8 nitrogen and oxygen atoms in total. The molecule has 3 aromatic heterocycles. The molecule has 2 aromatic carbocycles. The molecule has 6 heterocycles. The maximum Gasteiger partial charge on any atom is 0.229 e. The number of hydrogen-bond acceptors (Lipinski definition) is 6. The summed E-state index contributed by atoms with van der Waals surface area (Å²) in [5.41, 5.74) is 7.23. The fourth-order valence-electron chi connectivity index (χ4n) is 9.41. The van der Waals surface area contributed by atoms with Gasteiger partial charge in [-0.1, -0.05) is 42.3 Å². The highest BCUT2D eigenvalue weighted by Crippen LogP contribution is 2.53. The van der Waals surface area contributed by atoms with E-state index in [9.17, 15) is 10.1 Å². The highest BCUT2D eigenvalue weighted by Gasteiger charge is 2.53. The lowest BCUT2D eigenvalue weighted by atomic mass is 9.79. The lowest BCUT2D eigenvalue weighted by Gasteiger charge is -2.39. The zero-order valence-corrected chi connectivity index (χ0v) is 32.5. The van der Waals surface area contributed by atoms with E-state index >= 15 is 4.39 Å². The number of carbonyl (C=O) groups is 1. The molecule has 1 N–H and O–H groups in total. The Bertz CT molecular complexity index is 2380. The normalized spacial score (nSPS) is 24.0. The van der Waals surface area contributed by atoms with Gasteiger partial charge in [0.2, 0.25) is 5.91 Å². The van der Waals surface area contributed by atoms with Crippen LogP contribution in [0.2, 0.25) is 10.0 Å². The molecule has 5 aromatic rings. The number of halogens is 3. The van der Waals surface area contributed by atoms with Crippen LogP contribution in [-0.4, -0.2) is 50.6 Å². The number of aromatic nitrogens is 3. The van der Waals surface area contributed by atoms with Gasteiger partial charge in [-0.2, -0.15) is 5.26 Å². The van der Waals surface area contributed by atoms with Crippen LogP contribution in [0.15, 0.2) is 42.6 Å². The van der Waals surface area contributed by atoms with Crippen molar-refractivity contribution in [2.75, 3.05) is 13.1 Å². The number of aryl methyl sites for hydroxylation is 4. The SMILES string of the molecule is Cc1ccnc(C)c1COC1CC(c2cc3c(C)nc4c(F)c(-c5cccc(Cl)c5Cl)c(CCC#N)cc4c3n2C2C3CNC2C3)N(C(=O)C2(C)CC2)C1. The van der Waals surface area contributed by atoms with E-state index in [1.165, 1.54) is 0 Å². The highest BCUT2D eigenvalue weighted by atomic mass is 35.5. The number of pyridine rings is 2. The lowest BCUT2D eigenvalue weighted by Crippen LogP contribution is -2.41. The van der Waals surface area contributed by atoms with Gasteiger partial charge in [0.25, 0.3) is 0 Å². The number of nitriles is 1. The van der Waals surface area contributed by atoms with Crippen molar-refractivity contribution in [1.29, 1.82) is 5.26 Å². The minimum Gasteiger partial charge on any atom is -0.372 e. The summed E-state index contributed by atoms with van der Waals surface area (Å²) < 4.78 is 26.4. The molecule has 54 heavy (non-hydrogen) atoms. The van der Waals surface area contributed by atoms with Gasteiger partial charge in [0, 0.05) is 88.1 Å². The van der Waals surface area contributed by atoms with E-state index in [0.717, 1.165) is 59.2 Å². The summed E-state index contributed by atoms with van der Waals surface area (Å²) in [6, 6.07) is 13.9. The molecule has 2 saturated carbocycles. The van der Waals surface area contributed by atoms with Crippen molar-refractivity contribution in [2.24, 2.45) is 11.3 Å². The Hall–Kier alpha value is -4.07. The van der Waals surface area contributed by atoms with Gasteiger partial charge in [-0.15, -0.1) is 0 Å². The Balaban J connectivity index is 1.23. The minimum absolute atomic E-state index is 0.143. The third-order valence-electron chi connectivity index (χ3n) is 12.8. The Morgan fingerprint density at radius 3 is 2.65 bits per heavy atom. The third-order valence-corrected chi connectivity index (χ3v) is 13.6. The first-order chi connectivity index (χ1) is 26.0. The molecular formula is C43H43Cl2FN6O2. The van der Waals surface area contributed by atoms with E-state index in [0.29, 0.717) is 64.7 Å². The highest BCUT2D eigenvalue weighted by molar-refractivity contribution is 6.43. The largest absolute Gasteiger partial charge is 0.372 e. The number of nitrogens with zero attached hydrogens (tertiary/aromatic N) is 5. The number of rotatable bonds is 9.